The Kier molecular flexibility index (Phi) is 7.33. The number of aromatic hydroxyl groups is 1. The van der Waals surface area contributed by atoms with Crippen molar-refractivity contribution in [1.82, 2.24) is 0 Å². The summed E-state index contributed by atoms with van der Waals surface area (Å²) in [4.78, 5) is -1.36. The molecule has 159 valence electrons. The molecule has 3 N–H and O–H groups in total. The van der Waals surface area contributed by atoms with Gasteiger partial charge in [-0.1, -0.05) is 12.1 Å². The fourth-order valence-electron chi connectivity index (χ4n) is 2.94. The van der Waals surface area contributed by atoms with E-state index >= 15 is 0 Å². The number of nitrogens with zero attached hydrogens (tertiary/aromatic N) is 2. The molecule has 1 radical (unpaired) electrons. The molecular formula is C19H18N2NaO7S2. The van der Waals surface area contributed by atoms with Gasteiger partial charge in [0, 0.05) is 34.9 Å². The molecule has 3 aromatic rings. The Bertz CT molecular complexity index is 1430. The van der Waals surface area contributed by atoms with Gasteiger partial charge in [-0.25, -0.2) is 0 Å². The molecule has 0 fully saturated rings. The topological polar surface area (TPSA) is 154 Å². The molecule has 12 heteroatoms. The van der Waals surface area contributed by atoms with Gasteiger partial charge in [-0.2, -0.15) is 21.9 Å². The molecule has 0 amide bonds. The minimum absolute atomic E-state index is 0. The van der Waals surface area contributed by atoms with Gasteiger partial charge in [0.05, 0.1) is 10.6 Å². The maximum absolute atomic E-state index is 11.7. The number of azo groups is 1. The normalized spacial score (nSPS) is 12.3. The Hall–Kier alpha value is -1.86. The molecule has 0 aliphatic rings. The van der Waals surface area contributed by atoms with Crippen LogP contribution < -0.4 is 0 Å². The average molecular weight is 473 g/mol. The van der Waals surface area contributed by atoms with Gasteiger partial charge in [-0.3, -0.25) is 9.11 Å². The number of benzene rings is 3. The van der Waals surface area contributed by atoms with E-state index in [2.05, 4.69) is 10.2 Å². The predicted octanol–water partition coefficient (Wildman–Crippen LogP) is 4.00. The molecule has 0 atom stereocenters. The van der Waals surface area contributed by atoms with Crippen LogP contribution in [0.15, 0.2) is 56.4 Å². The molecule has 0 unspecified atom stereocenters. The fourth-order valence-corrected chi connectivity index (χ4v) is 4.08. The van der Waals surface area contributed by atoms with Crippen LogP contribution in [0.1, 0.15) is 16.7 Å². The first-order valence-electron chi connectivity index (χ1n) is 8.53. The van der Waals surface area contributed by atoms with Crippen molar-refractivity contribution in [2.45, 2.75) is 30.6 Å². The summed E-state index contributed by atoms with van der Waals surface area (Å²) in [6, 6.07) is 7.87. The summed E-state index contributed by atoms with van der Waals surface area (Å²) in [5, 5.41) is 18.7. The first-order chi connectivity index (χ1) is 13.8. The number of rotatable bonds is 4. The Morgan fingerprint density at radius 3 is 1.97 bits per heavy atom. The zero-order valence-electron chi connectivity index (χ0n) is 17.1. The molecule has 9 nitrogen and oxygen atoms in total. The Morgan fingerprint density at radius 2 is 1.39 bits per heavy atom. The van der Waals surface area contributed by atoms with Gasteiger partial charge in [0.25, 0.3) is 20.2 Å². The quantitative estimate of drug-likeness (QED) is 0.294. The standard InChI is InChI=1S/C19H18N2O7S2.Na/c1-10-6-12(3)16(7-11(10)2)20-21-18-15-5-4-14(29(23,24)25)8-13(15)9-17(19(18)22)30(26,27)28;/h4-9,22H,1-3H3,(H,23,24,25)(H,26,27,28);. The van der Waals surface area contributed by atoms with Crippen LogP contribution in [0.4, 0.5) is 11.4 Å². The van der Waals surface area contributed by atoms with Crippen molar-refractivity contribution >= 4 is 71.9 Å². The number of aryl methyl sites for hydroxylation is 3. The van der Waals surface area contributed by atoms with Crippen LogP contribution in [0.3, 0.4) is 0 Å². The Balaban J connectivity index is 0.00000341. The fraction of sp³-hybridized carbons (Fsp3) is 0.158. The summed E-state index contributed by atoms with van der Waals surface area (Å²) in [7, 11) is -9.43. The molecule has 0 saturated heterocycles. The second-order valence-electron chi connectivity index (χ2n) is 6.83. The minimum atomic E-state index is -4.86. The molecular weight excluding hydrogens is 455 g/mol. The number of hydrogen-bond acceptors (Lipinski definition) is 7. The van der Waals surface area contributed by atoms with E-state index in [4.69, 9.17) is 0 Å². The van der Waals surface area contributed by atoms with E-state index in [0.29, 0.717) is 5.69 Å². The van der Waals surface area contributed by atoms with Crippen molar-refractivity contribution in [3.8, 4) is 5.75 Å². The van der Waals surface area contributed by atoms with Gasteiger partial charge in [0.1, 0.15) is 10.6 Å². The summed E-state index contributed by atoms with van der Waals surface area (Å²) in [5.74, 6) is -0.838. The van der Waals surface area contributed by atoms with Crippen molar-refractivity contribution < 1.29 is 31.0 Å². The van der Waals surface area contributed by atoms with E-state index in [1.807, 2.05) is 26.8 Å². The minimum Gasteiger partial charge on any atom is -0.504 e. The third-order valence-corrected chi connectivity index (χ3v) is 6.38. The summed E-state index contributed by atoms with van der Waals surface area (Å²) in [5.41, 5.74) is 3.00. The van der Waals surface area contributed by atoms with Gasteiger partial charge in [-0.15, -0.1) is 5.11 Å². The summed E-state index contributed by atoms with van der Waals surface area (Å²) >= 11 is 0. The second kappa shape index (κ2) is 8.94. The molecule has 3 rings (SSSR count). The van der Waals surface area contributed by atoms with Crippen LogP contribution in [0.25, 0.3) is 10.8 Å². The zero-order valence-corrected chi connectivity index (χ0v) is 20.8. The number of hydrogen-bond donors (Lipinski definition) is 3. The van der Waals surface area contributed by atoms with Gasteiger partial charge < -0.3 is 5.11 Å². The van der Waals surface area contributed by atoms with E-state index in [1.165, 1.54) is 6.07 Å². The first-order valence-corrected chi connectivity index (χ1v) is 11.4. The van der Waals surface area contributed by atoms with E-state index in [0.717, 1.165) is 34.9 Å². The second-order valence-corrected chi connectivity index (χ2v) is 9.64. The monoisotopic (exact) mass is 473 g/mol. The van der Waals surface area contributed by atoms with Crippen molar-refractivity contribution in [2.24, 2.45) is 10.2 Å². The van der Waals surface area contributed by atoms with Gasteiger partial charge in [0.15, 0.2) is 5.75 Å². The van der Waals surface area contributed by atoms with Crippen LogP contribution in [-0.4, -0.2) is 60.6 Å². The molecule has 0 heterocycles. The van der Waals surface area contributed by atoms with Crippen molar-refractivity contribution in [3.05, 3.63) is 53.1 Å². The maximum Gasteiger partial charge on any atom is 0.298 e. The van der Waals surface area contributed by atoms with Crippen molar-refractivity contribution in [1.29, 1.82) is 0 Å². The molecule has 0 spiro atoms. The van der Waals surface area contributed by atoms with Gasteiger partial charge in [-0.05, 0) is 67.1 Å². The molecule has 0 aromatic heterocycles. The van der Waals surface area contributed by atoms with Crippen LogP contribution in [-0.2, 0) is 20.2 Å². The van der Waals surface area contributed by atoms with E-state index in [9.17, 15) is 31.0 Å². The number of phenolic OH excluding ortho intramolecular Hbond substituents is 1. The van der Waals surface area contributed by atoms with Crippen LogP contribution in [0, 0.1) is 20.8 Å². The van der Waals surface area contributed by atoms with E-state index in [1.54, 1.807) is 6.07 Å². The third kappa shape index (κ3) is 5.32. The molecule has 31 heavy (non-hydrogen) atoms. The predicted molar refractivity (Wildman–Crippen MR) is 116 cm³/mol. The smallest absolute Gasteiger partial charge is 0.298 e. The molecule has 3 aromatic carbocycles. The Morgan fingerprint density at radius 1 is 0.774 bits per heavy atom. The van der Waals surface area contributed by atoms with E-state index < -0.39 is 35.8 Å². The third-order valence-electron chi connectivity index (χ3n) is 4.67. The average Bonchev–Trinajstić information content (AvgIpc) is 2.62. The van der Waals surface area contributed by atoms with Gasteiger partial charge in [0.2, 0.25) is 0 Å². The maximum atomic E-state index is 11.7. The molecule has 0 aliphatic heterocycles. The largest absolute Gasteiger partial charge is 0.504 e. The summed E-state index contributed by atoms with van der Waals surface area (Å²) in [6.07, 6.45) is 0. The van der Waals surface area contributed by atoms with Crippen molar-refractivity contribution in [3.63, 3.8) is 0 Å². The number of fused-ring (bicyclic) bond motifs is 1. The molecule has 0 aliphatic carbocycles. The SMILES string of the molecule is Cc1cc(C)c(N=Nc2c(O)c(S(=O)(=O)O)cc3cc(S(=O)(=O)O)ccc23)cc1C.[Na]. The van der Waals surface area contributed by atoms with Crippen LogP contribution in [0.5, 0.6) is 5.75 Å². The van der Waals surface area contributed by atoms with Crippen LogP contribution >= 0.6 is 0 Å². The Labute approximate surface area is 201 Å². The summed E-state index contributed by atoms with van der Waals surface area (Å²) < 4.78 is 64.9. The van der Waals surface area contributed by atoms with Crippen LogP contribution in [0.2, 0.25) is 0 Å². The zero-order chi connectivity index (χ0) is 22.4. The molecule has 0 saturated carbocycles. The summed E-state index contributed by atoms with van der Waals surface area (Å²) in [6.45, 7) is 5.63. The molecule has 0 bridgehead atoms. The first kappa shape index (κ1) is 25.4. The van der Waals surface area contributed by atoms with Gasteiger partial charge >= 0.3 is 0 Å². The van der Waals surface area contributed by atoms with E-state index in [-0.39, 0.29) is 46.0 Å². The van der Waals surface area contributed by atoms with Crippen molar-refractivity contribution in [2.75, 3.05) is 0 Å². The number of phenols is 1.